The van der Waals surface area contributed by atoms with Crippen LogP contribution in [-0.2, 0) is 4.79 Å². The zero-order valence-corrected chi connectivity index (χ0v) is 15.3. The van der Waals surface area contributed by atoms with E-state index < -0.39 is 11.4 Å². The van der Waals surface area contributed by atoms with E-state index in [2.05, 4.69) is 4.98 Å². The molecule has 28 heavy (non-hydrogen) atoms. The summed E-state index contributed by atoms with van der Waals surface area (Å²) in [7, 11) is 0. The Kier molecular flexibility index (Phi) is 3.75. The summed E-state index contributed by atoms with van der Waals surface area (Å²) in [6, 6.07) is 12.9. The van der Waals surface area contributed by atoms with Crippen LogP contribution in [0.1, 0.15) is 29.6 Å². The minimum atomic E-state index is -0.789. The number of pyridine rings is 1. The van der Waals surface area contributed by atoms with Gasteiger partial charge < -0.3 is 14.4 Å². The van der Waals surface area contributed by atoms with E-state index in [0.29, 0.717) is 35.5 Å². The topological polar surface area (TPSA) is 83.6 Å². The lowest BCUT2D eigenvalue weighted by Crippen LogP contribution is -2.37. The van der Waals surface area contributed by atoms with Crippen LogP contribution in [0, 0.1) is 11.3 Å². The minimum Gasteiger partial charge on any atom is -0.481 e. The first kappa shape index (κ1) is 17.0. The molecule has 1 aliphatic carbocycles. The van der Waals surface area contributed by atoms with Gasteiger partial charge in [0.25, 0.3) is 5.91 Å². The van der Waals surface area contributed by atoms with Crippen LogP contribution < -0.4 is 0 Å². The summed E-state index contributed by atoms with van der Waals surface area (Å²) in [5, 5.41) is 10.6. The van der Waals surface area contributed by atoms with Crippen LogP contribution in [0.15, 0.2) is 53.1 Å². The lowest BCUT2D eigenvalue weighted by molar-refractivity contribution is -0.149. The van der Waals surface area contributed by atoms with Crippen LogP contribution in [0.3, 0.4) is 0 Å². The number of carbonyl (C=O) groups is 2. The molecule has 142 valence electrons. The Morgan fingerprint density at radius 2 is 2.07 bits per heavy atom. The molecule has 3 aromatic rings. The average Bonchev–Trinajstić information content (AvgIpc) is 3.42. The third-order valence-corrected chi connectivity index (χ3v) is 6.30. The number of hydrogen-bond donors (Lipinski definition) is 1. The summed E-state index contributed by atoms with van der Waals surface area (Å²) < 4.78 is 5.47. The third kappa shape index (κ3) is 2.44. The summed E-state index contributed by atoms with van der Waals surface area (Å²) in [5.41, 5.74) is 1.06. The Morgan fingerprint density at radius 3 is 2.82 bits per heavy atom. The van der Waals surface area contributed by atoms with Crippen molar-refractivity contribution in [1.29, 1.82) is 0 Å². The molecule has 3 heterocycles. The van der Waals surface area contributed by atoms with Crippen molar-refractivity contribution >= 4 is 22.8 Å². The number of para-hydroxylation sites is 1. The lowest BCUT2D eigenvalue weighted by Gasteiger charge is -2.23. The number of carboxylic acid groups (broad SMARTS) is 1. The van der Waals surface area contributed by atoms with E-state index in [0.717, 1.165) is 18.2 Å². The maximum absolute atomic E-state index is 13.5. The van der Waals surface area contributed by atoms with Gasteiger partial charge in [0.15, 0.2) is 5.76 Å². The fourth-order valence-corrected chi connectivity index (χ4v) is 4.87. The number of furan rings is 1. The van der Waals surface area contributed by atoms with Crippen LogP contribution in [0.5, 0.6) is 0 Å². The van der Waals surface area contributed by atoms with Crippen molar-refractivity contribution in [1.82, 2.24) is 9.88 Å². The zero-order valence-electron chi connectivity index (χ0n) is 15.3. The van der Waals surface area contributed by atoms with Gasteiger partial charge in [-0.3, -0.25) is 9.59 Å². The van der Waals surface area contributed by atoms with Crippen molar-refractivity contribution in [3.8, 4) is 11.5 Å². The lowest BCUT2D eigenvalue weighted by atomic mass is 9.81. The SMILES string of the molecule is O=C(c1cc(-c2ccco2)nc2ccccc12)N1C[C@@H]2CCC[C@@]2(C(=O)O)C1. The number of fused-ring (bicyclic) bond motifs is 2. The molecule has 2 aliphatic rings. The van der Waals surface area contributed by atoms with E-state index in [4.69, 9.17) is 4.42 Å². The van der Waals surface area contributed by atoms with E-state index in [1.807, 2.05) is 30.3 Å². The van der Waals surface area contributed by atoms with Gasteiger partial charge in [0, 0.05) is 18.5 Å². The Balaban J connectivity index is 1.57. The highest BCUT2D eigenvalue weighted by Crippen LogP contribution is 2.49. The molecule has 6 heteroatoms. The maximum atomic E-state index is 13.5. The van der Waals surface area contributed by atoms with Crippen LogP contribution in [0.25, 0.3) is 22.4 Å². The fourth-order valence-electron chi connectivity index (χ4n) is 4.87. The van der Waals surface area contributed by atoms with E-state index >= 15 is 0 Å². The van der Waals surface area contributed by atoms with E-state index in [9.17, 15) is 14.7 Å². The van der Waals surface area contributed by atoms with Crippen molar-refractivity contribution in [2.75, 3.05) is 13.1 Å². The molecule has 1 amide bonds. The average molecular weight is 376 g/mol. The number of carboxylic acids is 1. The van der Waals surface area contributed by atoms with Crippen molar-refractivity contribution in [3.63, 3.8) is 0 Å². The van der Waals surface area contributed by atoms with E-state index in [-0.39, 0.29) is 18.4 Å². The first-order chi connectivity index (χ1) is 13.6. The van der Waals surface area contributed by atoms with Gasteiger partial charge in [0.05, 0.1) is 22.8 Å². The van der Waals surface area contributed by atoms with Crippen molar-refractivity contribution < 1.29 is 19.1 Å². The predicted octanol–water partition coefficient (Wildman–Crippen LogP) is 3.82. The summed E-state index contributed by atoms with van der Waals surface area (Å²) in [5.74, 6) is -0.283. The van der Waals surface area contributed by atoms with Gasteiger partial charge in [0.1, 0.15) is 5.69 Å². The second kappa shape index (κ2) is 6.19. The molecule has 1 N–H and O–H groups in total. The molecule has 0 spiro atoms. The number of hydrogen-bond acceptors (Lipinski definition) is 4. The number of carbonyl (C=O) groups excluding carboxylic acids is 1. The molecule has 0 unspecified atom stereocenters. The van der Waals surface area contributed by atoms with Crippen molar-refractivity contribution in [3.05, 3.63) is 54.3 Å². The first-order valence-electron chi connectivity index (χ1n) is 9.55. The van der Waals surface area contributed by atoms with Crippen LogP contribution in [0.4, 0.5) is 0 Å². The zero-order chi connectivity index (χ0) is 19.3. The smallest absolute Gasteiger partial charge is 0.311 e. The number of nitrogens with zero attached hydrogens (tertiary/aromatic N) is 2. The molecular weight excluding hydrogens is 356 g/mol. The molecule has 2 aromatic heterocycles. The first-order valence-corrected chi connectivity index (χ1v) is 9.55. The minimum absolute atomic E-state index is 0.0339. The highest BCUT2D eigenvalue weighted by Gasteiger charge is 2.55. The van der Waals surface area contributed by atoms with Gasteiger partial charge in [-0.1, -0.05) is 24.6 Å². The van der Waals surface area contributed by atoms with Crippen LogP contribution >= 0.6 is 0 Å². The highest BCUT2D eigenvalue weighted by molar-refractivity contribution is 6.07. The number of benzene rings is 1. The van der Waals surface area contributed by atoms with Gasteiger partial charge in [0.2, 0.25) is 0 Å². The molecule has 1 saturated heterocycles. The molecule has 1 saturated carbocycles. The van der Waals surface area contributed by atoms with E-state index in [1.54, 1.807) is 23.3 Å². The normalized spacial score (nSPS) is 23.9. The summed E-state index contributed by atoms with van der Waals surface area (Å²) in [6.07, 6.45) is 4.00. The number of aromatic nitrogens is 1. The van der Waals surface area contributed by atoms with Gasteiger partial charge in [-0.05, 0) is 43.0 Å². The van der Waals surface area contributed by atoms with Gasteiger partial charge in [-0.25, -0.2) is 4.98 Å². The van der Waals surface area contributed by atoms with Crippen molar-refractivity contribution in [2.45, 2.75) is 19.3 Å². The number of aliphatic carboxylic acids is 1. The second-order valence-corrected chi connectivity index (χ2v) is 7.79. The standard InChI is InChI=1S/C22H20N2O4/c25-20(24-12-14-5-3-9-22(14,13-24)21(26)27)16-11-18(19-8-4-10-28-19)23-17-7-2-1-6-15(16)17/h1-2,4,6-8,10-11,14H,3,5,9,12-13H2,(H,26,27)/t14-,22+/m0/s1. The molecular formula is C22H20N2O4. The third-order valence-electron chi connectivity index (χ3n) is 6.30. The predicted molar refractivity (Wildman–Crippen MR) is 103 cm³/mol. The molecule has 2 atom stereocenters. The second-order valence-electron chi connectivity index (χ2n) is 7.79. The Labute approximate surface area is 161 Å². The molecule has 1 aliphatic heterocycles. The Bertz CT molecular complexity index is 1080. The van der Waals surface area contributed by atoms with E-state index in [1.165, 1.54) is 0 Å². The monoisotopic (exact) mass is 376 g/mol. The summed E-state index contributed by atoms with van der Waals surface area (Å²) in [4.78, 5) is 31.8. The molecule has 0 radical (unpaired) electrons. The van der Waals surface area contributed by atoms with Crippen LogP contribution in [0.2, 0.25) is 0 Å². The Morgan fingerprint density at radius 1 is 1.21 bits per heavy atom. The van der Waals surface area contributed by atoms with Crippen molar-refractivity contribution in [2.24, 2.45) is 11.3 Å². The highest BCUT2D eigenvalue weighted by atomic mass is 16.4. The molecule has 2 fully saturated rings. The number of rotatable bonds is 3. The van der Waals surface area contributed by atoms with Gasteiger partial charge in [-0.2, -0.15) is 0 Å². The van der Waals surface area contributed by atoms with Crippen LogP contribution in [-0.4, -0.2) is 40.0 Å². The molecule has 6 nitrogen and oxygen atoms in total. The summed E-state index contributed by atoms with van der Waals surface area (Å²) >= 11 is 0. The number of amides is 1. The number of likely N-dealkylation sites (tertiary alicyclic amines) is 1. The maximum Gasteiger partial charge on any atom is 0.311 e. The largest absolute Gasteiger partial charge is 0.481 e. The quantitative estimate of drug-likeness (QED) is 0.751. The molecule has 1 aromatic carbocycles. The Hall–Kier alpha value is -3.15. The summed E-state index contributed by atoms with van der Waals surface area (Å²) in [6.45, 7) is 0.774. The molecule has 0 bridgehead atoms. The molecule has 5 rings (SSSR count). The fraction of sp³-hybridized carbons (Fsp3) is 0.318. The van der Waals surface area contributed by atoms with Gasteiger partial charge >= 0.3 is 5.97 Å². The van der Waals surface area contributed by atoms with Gasteiger partial charge in [-0.15, -0.1) is 0 Å².